The van der Waals surface area contributed by atoms with Gasteiger partial charge in [-0.2, -0.15) is 4.98 Å². The quantitative estimate of drug-likeness (QED) is 0.475. The number of rotatable bonds is 6. The summed E-state index contributed by atoms with van der Waals surface area (Å²) in [4.78, 5) is 24.2. The second kappa shape index (κ2) is 10.1. The van der Waals surface area contributed by atoms with Crippen molar-refractivity contribution < 1.29 is 4.79 Å². The smallest absolute Gasteiger partial charge is 0.225 e. The van der Waals surface area contributed by atoms with E-state index in [0.717, 1.165) is 53.5 Å². The monoisotopic (exact) mass is 485 g/mol. The Hall–Kier alpha value is -2.57. The van der Waals surface area contributed by atoms with Crippen LogP contribution in [0.5, 0.6) is 0 Å². The second-order valence-corrected chi connectivity index (χ2v) is 9.72. The number of nitrogens with one attached hydrogen (secondary N) is 2. The molecule has 0 atom stereocenters. The fraction of sp³-hybridized carbons (Fsp3) is 0.400. The van der Waals surface area contributed by atoms with E-state index in [9.17, 15) is 4.79 Å². The number of hydrogen-bond acceptors (Lipinski definition) is 5. The first-order valence-corrected chi connectivity index (χ1v) is 12.0. The summed E-state index contributed by atoms with van der Waals surface area (Å²) in [6.45, 7) is 2.36. The van der Waals surface area contributed by atoms with Crippen molar-refractivity contribution in [3.63, 3.8) is 0 Å². The van der Waals surface area contributed by atoms with Gasteiger partial charge in [0, 0.05) is 48.0 Å². The van der Waals surface area contributed by atoms with E-state index in [1.807, 2.05) is 56.3 Å². The summed E-state index contributed by atoms with van der Waals surface area (Å²) in [7, 11) is 3.97. The Morgan fingerprint density at radius 2 is 1.82 bits per heavy atom. The van der Waals surface area contributed by atoms with Crippen LogP contribution in [0.3, 0.4) is 0 Å². The topological polar surface area (TPSA) is 70.2 Å². The van der Waals surface area contributed by atoms with Crippen molar-refractivity contribution in [2.75, 3.05) is 24.3 Å². The van der Waals surface area contributed by atoms with E-state index in [1.165, 1.54) is 0 Å². The first kappa shape index (κ1) is 23.6. The predicted molar refractivity (Wildman–Crippen MR) is 136 cm³/mol. The lowest BCUT2D eigenvalue weighted by Gasteiger charge is -2.29. The van der Waals surface area contributed by atoms with Gasteiger partial charge in [-0.15, -0.1) is 0 Å². The number of amides is 1. The van der Waals surface area contributed by atoms with Gasteiger partial charge in [-0.05, 0) is 68.0 Å². The highest BCUT2D eigenvalue weighted by Gasteiger charge is 2.27. The molecule has 1 aromatic heterocycles. The molecule has 1 aliphatic carbocycles. The van der Waals surface area contributed by atoms with E-state index in [0.29, 0.717) is 22.5 Å². The zero-order valence-corrected chi connectivity index (χ0v) is 20.7. The number of benzene rings is 2. The highest BCUT2D eigenvalue weighted by atomic mass is 35.5. The van der Waals surface area contributed by atoms with E-state index in [1.54, 1.807) is 6.07 Å². The Kier molecular flexibility index (Phi) is 7.25. The molecule has 3 aromatic rings. The van der Waals surface area contributed by atoms with Crippen LogP contribution in [0.15, 0.2) is 36.4 Å². The normalized spacial score (nSPS) is 18.2. The van der Waals surface area contributed by atoms with Gasteiger partial charge in [-0.25, -0.2) is 4.98 Å². The zero-order valence-electron chi connectivity index (χ0n) is 19.2. The van der Waals surface area contributed by atoms with Crippen molar-refractivity contribution in [2.24, 2.45) is 5.92 Å². The molecule has 0 bridgehead atoms. The van der Waals surface area contributed by atoms with Gasteiger partial charge in [0.2, 0.25) is 11.9 Å². The number of para-hydroxylation sites is 1. The standard InChI is InChI=1S/C25H29Cl2N5O/c1-15-12-17(26)13-21(27)20(15)14-28-24(33)16-8-10-18(11-9-16)29-25-30-22-7-5-4-6-19(22)23(31-25)32(2)3/h4-7,12-13,16,18H,8-11,14H2,1-3H3,(H,28,33)(H,29,30,31). The molecular weight excluding hydrogens is 457 g/mol. The molecule has 6 nitrogen and oxygen atoms in total. The lowest BCUT2D eigenvalue weighted by atomic mass is 9.85. The Morgan fingerprint density at radius 3 is 2.52 bits per heavy atom. The van der Waals surface area contributed by atoms with Gasteiger partial charge >= 0.3 is 0 Å². The SMILES string of the molecule is Cc1cc(Cl)cc(Cl)c1CNC(=O)C1CCC(Nc2nc(N(C)C)c3ccccc3n2)CC1. The average molecular weight is 486 g/mol. The van der Waals surface area contributed by atoms with Crippen molar-refractivity contribution in [3.8, 4) is 0 Å². The molecule has 8 heteroatoms. The van der Waals surface area contributed by atoms with Gasteiger partial charge in [-0.3, -0.25) is 4.79 Å². The van der Waals surface area contributed by atoms with Crippen LogP contribution < -0.4 is 15.5 Å². The number of halogens is 2. The summed E-state index contributed by atoms with van der Waals surface area (Å²) < 4.78 is 0. The summed E-state index contributed by atoms with van der Waals surface area (Å²) in [6, 6.07) is 11.9. The second-order valence-electron chi connectivity index (χ2n) is 8.88. The van der Waals surface area contributed by atoms with Gasteiger partial charge in [0.25, 0.3) is 0 Å². The molecule has 4 rings (SSSR count). The van der Waals surface area contributed by atoms with Crippen molar-refractivity contribution in [2.45, 2.75) is 45.2 Å². The third-order valence-corrected chi connectivity index (χ3v) is 6.82. The summed E-state index contributed by atoms with van der Waals surface area (Å²) in [5, 5.41) is 8.77. The van der Waals surface area contributed by atoms with E-state index in [4.69, 9.17) is 33.2 Å². The van der Waals surface area contributed by atoms with Gasteiger partial charge in [0.15, 0.2) is 0 Å². The molecule has 0 unspecified atom stereocenters. The number of hydrogen-bond donors (Lipinski definition) is 2. The average Bonchev–Trinajstić information content (AvgIpc) is 2.78. The van der Waals surface area contributed by atoms with Gasteiger partial charge in [0.1, 0.15) is 5.82 Å². The fourth-order valence-corrected chi connectivity index (χ4v) is 5.09. The number of nitrogens with zero attached hydrogens (tertiary/aromatic N) is 3. The maximum Gasteiger partial charge on any atom is 0.225 e. The summed E-state index contributed by atoms with van der Waals surface area (Å²) in [5.74, 6) is 1.62. The summed E-state index contributed by atoms with van der Waals surface area (Å²) >= 11 is 12.4. The molecule has 0 aliphatic heterocycles. The Bertz CT molecular complexity index is 1140. The first-order chi connectivity index (χ1) is 15.8. The number of fused-ring (bicyclic) bond motifs is 1. The van der Waals surface area contributed by atoms with Crippen molar-refractivity contribution in [3.05, 3.63) is 57.6 Å². The molecular formula is C25H29Cl2N5O. The number of carbonyl (C=O) groups excluding carboxylic acids is 1. The van der Waals surface area contributed by atoms with E-state index in [-0.39, 0.29) is 17.9 Å². The van der Waals surface area contributed by atoms with Crippen molar-refractivity contribution >= 4 is 51.8 Å². The van der Waals surface area contributed by atoms with Crippen LogP contribution in [0.25, 0.3) is 10.9 Å². The van der Waals surface area contributed by atoms with E-state index >= 15 is 0 Å². The van der Waals surface area contributed by atoms with Crippen LogP contribution in [0.2, 0.25) is 10.0 Å². The molecule has 2 N–H and O–H groups in total. The Labute approximate surface area is 204 Å². The maximum atomic E-state index is 12.8. The largest absolute Gasteiger partial charge is 0.362 e. The van der Waals surface area contributed by atoms with E-state index in [2.05, 4.69) is 10.6 Å². The summed E-state index contributed by atoms with van der Waals surface area (Å²) in [5.41, 5.74) is 2.81. The van der Waals surface area contributed by atoms with Crippen LogP contribution in [0, 0.1) is 12.8 Å². The van der Waals surface area contributed by atoms with Gasteiger partial charge in [0.05, 0.1) is 5.52 Å². The molecule has 174 valence electrons. The molecule has 0 spiro atoms. The highest BCUT2D eigenvalue weighted by Crippen LogP contribution is 2.29. The number of anilines is 2. The lowest BCUT2D eigenvalue weighted by molar-refractivity contribution is -0.126. The summed E-state index contributed by atoms with van der Waals surface area (Å²) in [6.07, 6.45) is 3.44. The molecule has 0 saturated heterocycles. The molecule has 1 amide bonds. The van der Waals surface area contributed by atoms with Crippen LogP contribution in [-0.2, 0) is 11.3 Å². The Morgan fingerprint density at radius 1 is 1.09 bits per heavy atom. The molecule has 0 radical (unpaired) electrons. The van der Waals surface area contributed by atoms with Crippen molar-refractivity contribution in [1.82, 2.24) is 15.3 Å². The predicted octanol–water partition coefficient (Wildman–Crippen LogP) is 5.60. The minimum absolute atomic E-state index is 0.00397. The molecule has 2 aromatic carbocycles. The molecule has 1 heterocycles. The van der Waals surface area contributed by atoms with Gasteiger partial charge in [-0.1, -0.05) is 35.3 Å². The van der Waals surface area contributed by atoms with Crippen LogP contribution in [-0.4, -0.2) is 36.0 Å². The van der Waals surface area contributed by atoms with E-state index < -0.39 is 0 Å². The highest BCUT2D eigenvalue weighted by molar-refractivity contribution is 6.35. The van der Waals surface area contributed by atoms with Crippen LogP contribution in [0.4, 0.5) is 11.8 Å². The number of aryl methyl sites for hydroxylation is 1. The van der Waals surface area contributed by atoms with Crippen LogP contribution >= 0.6 is 23.2 Å². The van der Waals surface area contributed by atoms with Crippen molar-refractivity contribution in [1.29, 1.82) is 0 Å². The maximum absolute atomic E-state index is 12.8. The molecule has 1 fully saturated rings. The third-order valence-electron chi connectivity index (χ3n) is 6.26. The van der Waals surface area contributed by atoms with Crippen LogP contribution in [0.1, 0.15) is 36.8 Å². The first-order valence-electron chi connectivity index (χ1n) is 11.2. The minimum Gasteiger partial charge on any atom is -0.362 e. The van der Waals surface area contributed by atoms with Gasteiger partial charge < -0.3 is 15.5 Å². The number of aromatic nitrogens is 2. The lowest BCUT2D eigenvalue weighted by Crippen LogP contribution is -2.36. The third kappa shape index (κ3) is 5.50. The zero-order chi connectivity index (χ0) is 23.5. The Balaban J connectivity index is 1.34. The molecule has 1 aliphatic rings. The minimum atomic E-state index is 0.00397. The fourth-order valence-electron chi connectivity index (χ4n) is 4.42. The molecule has 33 heavy (non-hydrogen) atoms. The molecule has 1 saturated carbocycles. The number of carbonyl (C=O) groups is 1.